The lowest BCUT2D eigenvalue weighted by molar-refractivity contribution is -0.146. The number of urea groups is 1. The molecule has 0 aliphatic heterocycles. The maximum atomic E-state index is 11.5. The van der Waals surface area contributed by atoms with Crippen molar-refractivity contribution in [2.75, 3.05) is 25.6 Å². The van der Waals surface area contributed by atoms with Gasteiger partial charge in [0.15, 0.2) is 0 Å². The number of likely N-dealkylation sites (N-methyl/N-ethyl adjacent to an activating group) is 1. The summed E-state index contributed by atoms with van der Waals surface area (Å²) in [5.41, 5.74) is -1.19. The Bertz CT molecular complexity index is 244. The molecule has 0 saturated carbocycles. The Morgan fingerprint density at radius 1 is 1.47 bits per heavy atom. The lowest BCUT2D eigenvalue weighted by atomic mass is 10.1. The zero-order chi connectivity index (χ0) is 12.1. The average molecular weight is 234 g/mol. The number of carboxylic acid groups (broad SMARTS) is 1. The average Bonchev–Trinajstić information content (AvgIpc) is 2.16. The molecular weight excluding hydrogens is 216 g/mol. The van der Waals surface area contributed by atoms with Gasteiger partial charge in [0, 0.05) is 19.3 Å². The number of thioether (sulfide) groups is 1. The molecule has 88 valence electrons. The molecule has 2 N–H and O–H groups in total. The van der Waals surface area contributed by atoms with Crippen LogP contribution in [0.3, 0.4) is 0 Å². The van der Waals surface area contributed by atoms with Crippen molar-refractivity contribution in [3.8, 4) is 0 Å². The van der Waals surface area contributed by atoms with Crippen molar-refractivity contribution in [2.24, 2.45) is 0 Å². The molecule has 0 aromatic heterocycles. The molecule has 0 saturated heterocycles. The smallest absolute Gasteiger partial charge is 0.329 e. The van der Waals surface area contributed by atoms with E-state index in [2.05, 4.69) is 5.32 Å². The zero-order valence-corrected chi connectivity index (χ0v) is 10.3. The molecule has 0 heterocycles. The van der Waals surface area contributed by atoms with Crippen LogP contribution in [-0.2, 0) is 4.79 Å². The number of aliphatic carboxylic acids is 1. The van der Waals surface area contributed by atoms with Gasteiger partial charge in [-0.1, -0.05) is 0 Å². The predicted octanol–water partition coefficient (Wildman–Crippen LogP) is 0.854. The summed E-state index contributed by atoms with van der Waals surface area (Å²) in [7, 11) is 1.47. The summed E-state index contributed by atoms with van der Waals surface area (Å²) in [4.78, 5) is 23.6. The van der Waals surface area contributed by atoms with Gasteiger partial charge in [-0.15, -0.1) is 0 Å². The molecule has 0 unspecified atom stereocenters. The highest BCUT2D eigenvalue weighted by atomic mass is 32.2. The van der Waals surface area contributed by atoms with E-state index in [4.69, 9.17) is 5.11 Å². The van der Waals surface area contributed by atoms with Gasteiger partial charge in [-0.2, -0.15) is 11.8 Å². The summed E-state index contributed by atoms with van der Waals surface area (Å²) < 4.78 is 0. The van der Waals surface area contributed by atoms with Gasteiger partial charge in [-0.25, -0.2) is 9.59 Å². The highest BCUT2D eigenvalue weighted by Gasteiger charge is 2.34. The number of rotatable bonds is 5. The Kier molecular flexibility index (Phi) is 5.49. The molecule has 0 bridgehead atoms. The molecule has 2 amide bonds. The quantitative estimate of drug-likeness (QED) is 0.692. The fourth-order valence-corrected chi connectivity index (χ4v) is 1.08. The molecule has 15 heavy (non-hydrogen) atoms. The number of carbonyl (C=O) groups is 2. The van der Waals surface area contributed by atoms with Crippen molar-refractivity contribution in [1.82, 2.24) is 10.2 Å². The van der Waals surface area contributed by atoms with Crippen LogP contribution in [0.2, 0.25) is 0 Å². The normalized spacial score (nSPS) is 10.9. The van der Waals surface area contributed by atoms with Gasteiger partial charge >= 0.3 is 12.0 Å². The summed E-state index contributed by atoms with van der Waals surface area (Å²) >= 11 is 1.62. The summed E-state index contributed by atoms with van der Waals surface area (Å²) in [5, 5.41) is 11.6. The van der Waals surface area contributed by atoms with E-state index in [9.17, 15) is 9.59 Å². The van der Waals surface area contributed by atoms with Crippen LogP contribution in [0.1, 0.15) is 13.8 Å². The molecule has 0 fully saturated rings. The molecule has 6 heteroatoms. The van der Waals surface area contributed by atoms with Gasteiger partial charge in [0.05, 0.1) is 0 Å². The van der Waals surface area contributed by atoms with Gasteiger partial charge in [0.2, 0.25) is 0 Å². The van der Waals surface area contributed by atoms with Crippen LogP contribution in [-0.4, -0.2) is 53.1 Å². The zero-order valence-electron chi connectivity index (χ0n) is 9.53. The first-order chi connectivity index (χ1) is 6.84. The van der Waals surface area contributed by atoms with E-state index in [0.717, 1.165) is 5.75 Å². The molecule has 0 aromatic carbocycles. The summed E-state index contributed by atoms with van der Waals surface area (Å²) in [6.45, 7) is 3.52. The first-order valence-electron chi connectivity index (χ1n) is 4.58. The second kappa shape index (κ2) is 5.85. The van der Waals surface area contributed by atoms with E-state index in [1.54, 1.807) is 11.8 Å². The third kappa shape index (κ3) is 3.99. The standard InChI is InChI=1S/C9H18N2O3S/c1-9(2,7(12)13)11(3)8(14)10-5-6-15-4/h5-6H2,1-4H3,(H,10,14)(H,12,13). The minimum absolute atomic E-state index is 0.364. The predicted molar refractivity (Wildman–Crippen MR) is 61.3 cm³/mol. The first-order valence-corrected chi connectivity index (χ1v) is 5.97. The van der Waals surface area contributed by atoms with E-state index in [-0.39, 0.29) is 6.03 Å². The fraction of sp³-hybridized carbons (Fsp3) is 0.778. The van der Waals surface area contributed by atoms with E-state index in [1.165, 1.54) is 25.8 Å². The largest absolute Gasteiger partial charge is 0.480 e. The van der Waals surface area contributed by atoms with Crippen molar-refractivity contribution >= 4 is 23.8 Å². The molecule has 0 radical (unpaired) electrons. The van der Waals surface area contributed by atoms with Gasteiger partial charge < -0.3 is 15.3 Å². The SMILES string of the molecule is CSCCNC(=O)N(C)C(C)(C)C(=O)O. The maximum absolute atomic E-state index is 11.5. The molecular formula is C9H18N2O3S. The third-order valence-corrected chi connectivity index (χ3v) is 2.86. The monoisotopic (exact) mass is 234 g/mol. The molecule has 0 aromatic rings. The van der Waals surface area contributed by atoms with Gasteiger partial charge in [0.25, 0.3) is 0 Å². The topological polar surface area (TPSA) is 69.6 Å². The second-order valence-corrected chi connectivity index (χ2v) is 4.63. The first kappa shape index (κ1) is 14.1. The van der Waals surface area contributed by atoms with E-state index in [1.807, 2.05) is 6.26 Å². The van der Waals surface area contributed by atoms with Crippen LogP contribution >= 0.6 is 11.8 Å². The van der Waals surface area contributed by atoms with E-state index >= 15 is 0 Å². The fourth-order valence-electron chi connectivity index (χ4n) is 0.776. The van der Waals surface area contributed by atoms with Crippen molar-refractivity contribution in [1.29, 1.82) is 0 Å². The lowest BCUT2D eigenvalue weighted by Gasteiger charge is -2.31. The molecule has 5 nitrogen and oxygen atoms in total. The highest BCUT2D eigenvalue weighted by molar-refractivity contribution is 7.98. The number of nitrogens with one attached hydrogen (secondary N) is 1. The number of hydrogen-bond acceptors (Lipinski definition) is 3. The Morgan fingerprint density at radius 3 is 2.40 bits per heavy atom. The summed E-state index contributed by atoms with van der Waals surface area (Å²) in [6.07, 6.45) is 1.94. The van der Waals surface area contributed by atoms with Crippen LogP contribution in [0, 0.1) is 0 Å². The van der Waals surface area contributed by atoms with Gasteiger partial charge in [0.1, 0.15) is 5.54 Å². The van der Waals surface area contributed by atoms with Crippen LogP contribution in [0.25, 0.3) is 0 Å². The van der Waals surface area contributed by atoms with Crippen LogP contribution in [0.15, 0.2) is 0 Å². The van der Waals surface area contributed by atoms with E-state index < -0.39 is 11.5 Å². The Hall–Kier alpha value is -0.910. The molecule has 0 rings (SSSR count). The third-order valence-electron chi connectivity index (χ3n) is 2.25. The molecule has 0 aliphatic rings. The maximum Gasteiger partial charge on any atom is 0.329 e. The number of carboxylic acids is 1. The van der Waals surface area contributed by atoms with Gasteiger partial charge in [-0.3, -0.25) is 0 Å². The number of hydrogen-bond donors (Lipinski definition) is 2. The summed E-state index contributed by atoms with van der Waals surface area (Å²) in [5.74, 6) is -0.211. The van der Waals surface area contributed by atoms with Crippen molar-refractivity contribution in [3.63, 3.8) is 0 Å². The van der Waals surface area contributed by atoms with Crippen LogP contribution in [0.5, 0.6) is 0 Å². The highest BCUT2D eigenvalue weighted by Crippen LogP contribution is 2.12. The summed E-state index contributed by atoms with van der Waals surface area (Å²) in [6, 6.07) is -0.364. The molecule has 0 aliphatic carbocycles. The Balaban J connectivity index is 4.25. The van der Waals surface area contributed by atoms with Gasteiger partial charge in [-0.05, 0) is 20.1 Å². The molecule has 0 spiro atoms. The number of amides is 2. The van der Waals surface area contributed by atoms with Crippen LogP contribution < -0.4 is 5.32 Å². The van der Waals surface area contributed by atoms with E-state index in [0.29, 0.717) is 6.54 Å². The number of carbonyl (C=O) groups excluding carboxylic acids is 1. The van der Waals surface area contributed by atoms with Crippen molar-refractivity contribution < 1.29 is 14.7 Å². The number of nitrogens with zero attached hydrogens (tertiary/aromatic N) is 1. The minimum atomic E-state index is -1.19. The second-order valence-electron chi connectivity index (χ2n) is 3.65. The molecule has 0 atom stereocenters. The minimum Gasteiger partial charge on any atom is -0.480 e. The lowest BCUT2D eigenvalue weighted by Crippen LogP contribution is -2.54. The van der Waals surface area contributed by atoms with Crippen LogP contribution in [0.4, 0.5) is 4.79 Å². The van der Waals surface area contributed by atoms with Crippen molar-refractivity contribution in [3.05, 3.63) is 0 Å². The van der Waals surface area contributed by atoms with Crippen molar-refractivity contribution in [2.45, 2.75) is 19.4 Å². The Morgan fingerprint density at radius 2 is 2.00 bits per heavy atom. The Labute approximate surface area is 94.2 Å².